The molecule has 0 saturated heterocycles. The highest BCUT2D eigenvalue weighted by molar-refractivity contribution is 7.93. The van der Waals surface area contributed by atoms with E-state index >= 15 is 0 Å². The number of anilines is 1. The second-order valence-electron chi connectivity index (χ2n) is 3.43. The van der Waals surface area contributed by atoms with Crippen molar-refractivity contribution in [2.45, 2.75) is 18.1 Å². The first-order valence-corrected chi connectivity index (χ1v) is 6.02. The molecule has 0 unspecified atom stereocenters. The van der Waals surface area contributed by atoms with Crippen LogP contribution in [0.15, 0.2) is 30.3 Å². The zero-order chi connectivity index (χ0) is 10.2. The average Bonchev–Trinajstić information content (AvgIpc) is 3.01. The maximum absolute atomic E-state index is 11.8. The van der Waals surface area contributed by atoms with Gasteiger partial charge in [-0.2, -0.15) is 0 Å². The van der Waals surface area contributed by atoms with Crippen molar-refractivity contribution >= 4 is 15.7 Å². The Morgan fingerprint density at radius 1 is 1.21 bits per heavy atom. The molecule has 1 aliphatic rings. The van der Waals surface area contributed by atoms with Gasteiger partial charge in [-0.05, 0) is 25.0 Å². The molecule has 3 nitrogen and oxygen atoms in total. The quantitative estimate of drug-likeness (QED) is 0.762. The number of para-hydroxylation sites is 1. The molecule has 0 bridgehead atoms. The Labute approximate surface area is 84.4 Å². The summed E-state index contributed by atoms with van der Waals surface area (Å²) in [6, 6.07) is 8.94. The van der Waals surface area contributed by atoms with E-state index in [0.717, 1.165) is 17.1 Å². The molecule has 1 aromatic rings. The molecular weight excluding hydrogens is 198 g/mol. The van der Waals surface area contributed by atoms with E-state index in [4.69, 9.17) is 0 Å². The Kier molecular flexibility index (Phi) is 2.23. The molecule has 1 aromatic carbocycles. The fourth-order valence-electron chi connectivity index (χ4n) is 1.29. The van der Waals surface area contributed by atoms with E-state index in [1.54, 1.807) is 24.3 Å². The first kappa shape index (κ1) is 9.52. The van der Waals surface area contributed by atoms with E-state index < -0.39 is 10.0 Å². The number of hydrogen-bond donors (Lipinski definition) is 0. The molecule has 0 N–H and O–H groups in total. The molecule has 0 spiro atoms. The minimum atomic E-state index is -3.20. The first-order chi connectivity index (χ1) is 6.62. The standard InChI is InChI=1S/C10H12NO2S/c1-11(9-5-3-2-4-6-9)14(12,13)10-7-8-10/h2-6,10H,1,7-8H2. The highest BCUT2D eigenvalue weighted by Crippen LogP contribution is 2.32. The molecule has 0 heterocycles. The molecule has 1 aliphatic carbocycles. The fourth-order valence-corrected chi connectivity index (χ4v) is 2.79. The number of nitrogens with zero attached hydrogens (tertiary/aromatic N) is 1. The van der Waals surface area contributed by atoms with Gasteiger partial charge in [0.2, 0.25) is 10.0 Å². The van der Waals surface area contributed by atoms with E-state index in [9.17, 15) is 8.42 Å². The van der Waals surface area contributed by atoms with Gasteiger partial charge in [0.05, 0.1) is 18.0 Å². The summed E-state index contributed by atoms with van der Waals surface area (Å²) in [5, 5.41) is -0.208. The smallest absolute Gasteiger partial charge is 0.238 e. The van der Waals surface area contributed by atoms with Crippen LogP contribution in [0.3, 0.4) is 0 Å². The van der Waals surface area contributed by atoms with Gasteiger partial charge in [-0.3, -0.25) is 4.31 Å². The Morgan fingerprint density at radius 3 is 2.29 bits per heavy atom. The predicted octanol–water partition coefficient (Wildman–Crippen LogP) is 1.78. The van der Waals surface area contributed by atoms with Gasteiger partial charge in [0.25, 0.3) is 0 Å². The molecule has 1 saturated carbocycles. The van der Waals surface area contributed by atoms with Gasteiger partial charge in [-0.25, -0.2) is 8.42 Å². The molecule has 14 heavy (non-hydrogen) atoms. The van der Waals surface area contributed by atoms with Crippen LogP contribution < -0.4 is 4.31 Å². The van der Waals surface area contributed by atoms with Gasteiger partial charge in [0.1, 0.15) is 0 Å². The van der Waals surface area contributed by atoms with Crippen LogP contribution in [0.4, 0.5) is 5.69 Å². The van der Waals surface area contributed by atoms with Crippen LogP contribution in [0.5, 0.6) is 0 Å². The molecule has 0 atom stereocenters. The lowest BCUT2D eigenvalue weighted by Gasteiger charge is -2.18. The predicted molar refractivity (Wildman–Crippen MR) is 56.2 cm³/mol. The van der Waals surface area contributed by atoms with Crippen molar-refractivity contribution in [2.24, 2.45) is 0 Å². The summed E-state index contributed by atoms with van der Waals surface area (Å²) in [7, 11) is 0.390. The highest BCUT2D eigenvalue weighted by Gasteiger charge is 2.38. The third kappa shape index (κ3) is 1.62. The summed E-state index contributed by atoms with van der Waals surface area (Å²) in [6.07, 6.45) is 1.53. The topological polar surface area (TPSA) is 37.4 Å². The molecule has 1 fully saturated rings. The van der Waals surface area contributed by atoms with Crippen LogP contribution in [0, 0.1) is 7.05 Å². The van der Waals surface area contributed by atoms with Gasteiger partial charge in [-0.1, -0.05) is 18.2 Å². The minimum absolute atomic E-state index is 0.208. The van der Waals surface area contributed by atoms with Crippen LogP contribution in [-0.4, -0.2) is 13.7 Å². The number of benzene rings is 1. The summed E-state index contributed by atoms with van der Waals surface area (Å²) in [6.45, 7) is 0. The molecular formula is C10H12NO2S. The second-order valence-corrected chi connectivity index (χ2v) is 5.57. The average molecular weight is 210 g/mol. The third-order valence-electron chi connectivity index (χ3n) is 2.30. The lowest BCUT2D eigenvalue weighted by Crippen LogP contribution is -2.27. The maximum atomic E-state index is 11.8. The van der Waals surface area contributed by atoms with Crippen LogP contribution in [0.1, 0.15) is 12.8 Å². The molecule has 0 aromatic heterocycles. The zero-order valence-electron chi connectivity index (χ0n) is 7.76. The van der Waals surface area contributed by atoms with Crippen molar-refractivity contribution in [1.29, 1.82) is 0 Å². The molecule has 0 amide bonds. The molecule has 2 rings (SSSR count). The fraction of sp³-hybridized carbons (Fsp3) is 0.300. The second kappa shape index (κ2) is 3.28. The number of sulfonamides is 1. The van der Waals surface area contributed by atoms with Crippen molar-refractivity contribution in [2.75, 3.05) is 4.31 Å². The first-order valence-electron chi connectivity index (χ1n) is 4.52. The van der Waals surface area contributed by atoms with Crippen molar-refractivity contribution in [3.05, 3.63) is 37.4 Å². The largest absolute Gasteiger partial charge is 0.268 e. The lowest BCUT2D eigenvalue weighted by atomic mass is 10.3. The van der Waals surface area contributed by atoms with Crippen molar-refractivity contribution < 1.29 is 8.42 Å². The monoisotopic (exact) mass is 210 g/mol. The molecule has 75 valence electrons. The third-order valence-corrected chi connectivity index (χ3v) is 4.44. The van der Waals surface area contributed by atoms with Crippen molar-refractivity contribution in [1.82, 2.24) is 0 Å². The summed E-state index contributed by atoms with van der Waals surface area (Å²) in [5.41, 5.74) is 0.624. The van der Waals surface area contributed by atoms with Crippen molar-refractivity contribution in [3.63, 3.8) is 0 Å². The van der Waals surface area contributed by atoms with E-state index in [1.807, 2.05) is 6.07 Å². The summed E-state index contributed by atoms with van der Waals surface area (Å²) in [4.78, 5) is 0. The Bertz CT molecular complexity index is 409. The number of rotatable bonds is 3. The Morgan fingerprint density at radius 2 is 1.79 bits per heavy atom. The Hall–Kier alpha value is -1.03. The highest BCUT2D eigenvalue weighted by atomic mass is 32.2. The number of hydrogen-bond acceptors (Lipinski definition) is 2. The van der Waals surface area contributed by atoms with Crippen LogP contribution >= 0.6 is 0 Å². The van der Waals surface area contributed by atoms with E-state index in [0.29, 0.717) is 5.69 Å². The zero-order valence-corrected chi connectivity index (χ0v) is 8.57. The summed E-state index contributed by atoms with van der Waals surface area (Å²) >= 11 is 0. The molecule has 0 aliphatic heterocycles. The molecule has 1 radical (unpaired) electrons. The van der Waals surface area contributed by atoms with Crippen LogP contribution in [0.2, 0.25) is 0 Å². The van der Waals surface area contributed by atoms with Crippen LogP contribution in [0.25, 0.3) is 0 Å². The van der Waals surface area contributed by atoms with Crippen molar-refractivity contribution in [3.8, 4) is 0 Å². The van der Waals surface area contributed by atoms with E-state index in [-0.39, 0.29) is 5.25 Å². The van der Waals surface area contributed by atoms with E-state index in [1.165, 1.54) is 0 Å². The summed E-state index contributed by atoms with van der Waals surface area (Å²) < 4.78 is 24.6. The van der Waals surface area contributed by atoms with Gasteiger partial charge < -0.3 is 0 Å². The van der Waals surface area contributed by atoms with Gasteiger partial charge in [-0.15, -0.1) is 0 Å². The SMILES string of the molecule is [CH2]N(c1ccccc1)S(=O)(=O)C1CC1. The normalized spacial score (nSPS) is 16.6. The Balaban J connectivity index is 2.28. The summed E-state index contributed by atoms with van der Waals surface area (Å²) in [5.74, 6) is 0. The molecule has 4 heteroatoms. The van der Waals surface area contributed by atoms with Crippen LogP contribution in [-0.2, 0) is 10.0 Å². The van der Waals surface area contributed by atoms with E-state index in [2.05, 4.69) is 7.05 Å². The van der Waals surface area contributed by atoms with Gasteiger partial charge in [0.15, 0.2) is 0 Å². The van der Waals surface area contributed by atoms with Gasteiger partial charge in [0, 0.05) is 0 Å². The minimum Gasteiger partial charge on any atom is -0.268 e. The van der Waals surface area contributed by atoms with Gasteiger partial charge >= 0.3 is 0 Å². The lowest BCUT2D eigenvalue weighted by molar-refractivity contribution is 0.594. The maximum Gasteiger partial charge on any atom is 0.238 e.